The van der Waals surface area contributed by atoms with Gasteiger partial charge < -0.3 is 0 Å². The fraction of sp³-hybridized carbons (Fsp3) is 0.455. The third-order valence-electron chi connectivity index (χ3n) is 1.87. The van der Waals surface area contributed by atoms with Gasteiger partial charge in [-0.1, -0.05) is 0 Å². The molecule has 0 saturated heterocycles. The summed E-state index contributed by atoms with van der Waals surface area (Å²) in [6.07, 6.45) is 0. The number of nitrogens with zero attached hydrogens (tertiary/aromatic N) is 1. The van der Waals surface area contributed by atoms with Crippen molar-refractivity contribution in [2.45, 2.75) is 6.92 Å². The van der Waals surface area contributed by atoms with Gasteiger partial charge in [0, 0.05) is 0 Å². The molecule has 1 rings (SSSR count). The third-order valence-corrected chi connectivity index (χ3v) is 4.82. The zero-order chi connectivity index (χ0) is 12.5. The molecule has 1 aromatic rings. The van der Waals surface area contributed by atoms with Crippen LogP contribution in [-0.2, 0) is 9.68 Å². The van der Waals surface area contributed by atoms with E-state index in [1.54, 1.807) is 0 Å². The molecule has 0 amide bonds. The van der Waals surface area contributed by atoms with E-state index in [-0.39, 0.29) is 26.4 Å². The van der Waals surface area contributed by atoms with Gasteiger partial charge in [-0.05, 0) is 0 Å². The number of aliphatic hydroxyl groups excluding tert-OH is 2. The molecule has 0 bridgehead atoms. The van der Waals surface area contributed by atoms with Crippen LogP contribution in [0.1, 0.15) is 5.56 Å². The summed E-state index contributed by atoms with van der Waals surface area (Å²) in [6, 6.07) is 8.21. The van der Waals surface area contributed by atoms with Crippen LogP contribution in [0.25, 0.3) is 0 Å². The summed E-state index contributed by atoms with van der Waals surface area (Å²) in [5.74, 6) is 0. The van der Waals surface area contributed by atoms with E-state index in [4.69, 9.17) is 19.9 Å². The van der Waals surface area contributed by atoms with E-state index in [0.717, 1.165) is 0 Å². The van der Waals surface area contributed by atoms with Gasteiger partial charge in [-0.15, -0.1) is 0 Å². The van der Waals surface area contributed by atoms with Crippen LogP contribution < -0.4 is 3.58 Å². The van der Waals surface area contributed by atoms with Crippen LogP contribution in [0.2, 0.25) is 0 Å². The molecule has 2 N–H and O–H groups in total. The van der Waals surface area contributed by atoms with E-state index < -0.39 is 21.4 Å². The van der Waals surface area contributed by atoms with Crippen molar-refractivity contribution < 1.29 is 19.9 Å². The molecule has 0 heterocycles. The molecule has 0 aliphatic heterocycles. The molecular weight excluding hydrogens is 329 g/mol. The molecule has 94 valence electrons. The summed E-state index contributed by atoms with van der Waals surface area (Å²) in [6.45, 7) is 2.35. The van der Waals surface area contributed by atoms with Crippen LogP contribution >= 0.6 is 0 Å². The monoisotopic (exact) mass is 347 g/mol. The molecule has 0 aliphatic carbocycles. The second-order valence-corrected chi connectivity index (χ2v) is 6.68. The van der Waals surface area contributed by atoms with E-state index in [9.17, 15) is 0 Å². The van der Waals surface area contributed by atoms with Crippen molar-refractivity contribution in [3.05, 3.63) is 29.8 Å². The number of benzene rings is 1. The van der Waals surface area contributed by atoms with E-state index in [2.05, 4.69) is 12.1 Å². The van der Waals surface area contributed by atoms with Crippen molar-refractivity contribution in [1.29, 1.82) is 0 Å². The van der Waals surface area contributed by atoms with Gasteiger partial charge in [0.05, 0.1) is 0 Å². The number of hydrogen-bond donors (Lipinski definition) is 2. The van der Waals surface area contributed by atoms with E-state index in [1.807, 2.05) is 19.1 Å². The first kappa shape index (κ1) is 14.9. The van der Waals surface area contributed by atoms with Crippen molar-refractivity contribution in [3.63, 3.8) is 0 Å². The van der Waals surface area contributed by atoms with Crippen molar-refractivity contribution in [2.24, 2.45) is 0 Å². The molecule has 0 spiro atoms. The zero-order valence-corrected chi connectivity index (χ0v) is 12.7. The summed E-state index contributed by atoms with van der Waals surface area (Å²) in [7, 11) is 0. The fourth-order valence-electron chi connectivity index (χ4n) is 1.08. The Morgan fingerprint density at radius 1 is 1.06 bits per heavy atom. The SMILES string of the molecule is Cc1cc[c]([Sn][N](OCCO)OCCO)cc1. The molecule has 0 aromatic heterocycles. The zero-order valence-electron chi connectivity index (χ0n) is 9.80. The maximum atomic E-state index is 8.71. The quantitative estimate of drug-likeness (QED) is 0.486. The minimum absolute atomic E-state index is 0.0493. The Labute approximate surface area is 111 Å². The number of rotatable bonds is 8. The Hall–Kier alpha value is -0.181. The first-order valence-corrected chi connectivity index (χ1v) is 8.07. The Kier molecular flexibility index (Phi) is 7.74. The van der Waals surface area contributed by atoms with Crippen molar-refractivity contribution >= 4 is 25.0 Å². The molecule has 5 nitrogen and oxygen atoms in total. The normalized spacial score (nSPS) is 11.1. The second kappa shape index (κ2) is 8.84. The molecule has 0 atom stereocenters. The molecule has 1 aromatic carbocycles. The fourth-order valence-corrected chi connectivity index (χ4v) is 3.48. The summed E-state index contributed by atoms with van der Waals surface area (Å²) in [5, 5.41) is 17.4. The average molecular weight is 346 g/mol. The van der Waals surface area contributed by atoms with Crippen molar-refractivity contribution in [2.75, 3.05) is 26.4 Å². The molecule has 6 heteroatoms. The van der Waals surface area contributed by atoms with Crippen molar-refractivity contribution in [1.82, 2.24) is 3.45 Å². The van der Waals surface area contributed by atoms with E-state index in [1.165, 1.54) is 12.6 Å². The molecule has 2 radical (unpaired) electrons. The van der Waals surface area contributed by atoms with Gasteiger partial charge in [0.2, 0.25) is 0 Å². The molecule has 0 unspecified atom stereocenters. The predicted molar refractivity (Wildman–Crippen MR) is 64.5 cm³/mol. The van der Waals surface area contributed by atoms with Gasteiger partial charge in [-0.2, -0.15) is 0 Å². The van der Waals surface area contributed by atoms with Crippen LogP contribution in [0.15, 0.2) is 24.3 Å². The van der Waals surface area contributed by atoms with E-state index >= 15 is 0 Å². The summed E-state index contributed by atoms with van der Waals surface area (Å²) in [5.41, 5.74) is 1.22. The number of aryl methyl sites for hydroxylation is 1. The minimum atomic E-state index is -1.19. The van der Waals surface area contributed by atoms with Gasteiger partial charge in [0.25, 0.3) is 0 Å². The maximum absolute atomic E-state index is 8.71. The molecule has 0 aliphatic rings. The molecule has 0 saturated carbocycles. The van der Waals surface area contributed by atoms with Crippen LogP contribution in [0.4, 0.5) is 0 Å². The van der Waals surface area contributed by atoms with Gasteiger partial charge in [-0.25, -0.2) is 0 Å². The topological polar surface area (TPSA) is 62.2 Å². The summed E-state index contributed by atoms with van der Waals surface area (Å²) < 4.78 is 2.65. The summed E-state index contributed by atoms with van der Waals surface area (Å²) >= 11 is -1.19. The molecular formula is C11H17NO4Sn. The Morgan fingerprint density at radius 2 is 1.59 bits per heavy atom. The Bertz CT molecular complexity index is 299. The number of aliphatic hydroxyl groups is 2. The average Bonchev–Trinajstić information content (AvgIpc) is 2.35. The van der Waals surface area contributed by atoms with Gasteiger partial charge in [-0.3, -0.25) is 0 Å². The van der Waals surface area contributed by atoms with Gasteiger partial charge in [0.1, 0.15) is 0 Å². The van der Waals surface area contributed by atoms with Crippen LogP contribution in [-0.4, -0.2) is 61.5 Å². The molecule has 17 heavy (non-hydrogen) atoms. The van der Waals surface area contributed by atoms with E-state index in [0.29, 0.717) is 0 Å². The van der Waals surface area contributed by atoms with Gasteiger partial charge in [0.15, 0.2) is 0 Å². The van der Waals surface area contributed by atoms with Crippen LogP contribution in [0.5, 0.6) is 0 Å². The Balaban J connectivity index is 2.48. The van der Waals surface area contributed by atoms with Crippen molar-refractivity contribution in [3.8, 4) is 0 Å². The molecule has 0 fully saturated rings. The third kappa shape index (κ3) is 6.35. The predicted octanol–water partition coefficient (Wildman–Crippen LogP) is -0.611. The van der Waals surface area contributed by atoms with Gasteiger partial charge >= 0.3 is 112 Å². The first-order valence-electron chi connectivity index (χ1n) is 5.37. The number of hydrogen-bond acceptors (Lipinski definition) is 5. The van der Waals surface area contributed by atoms with Crippen LogP contribution in [0, 0.1) is 6.92 Å². The second-order valence-electron chi connectivity index (χ2n) is 3.35. The summed E-state index contributed by atoms with van der Waals surface area (Å²) in [4.78, 5) is 10.5. The Morgan fingerprint density at radius 3 is 2.06 bits per heavy atom. The van der Waals surface area contributed by atoms with Crippen LogP contribution in [0.3, 0.4) is 0 Å². The first-order chi connectivity index (χ1) is 8.26. The standard InChI is InChI=1S/C7H7.C4H10NO4.Sn/c1-7-5-3-2-4-6-7;6-1-3-8-5-9-4-2-7;/h3-6H,1H3;6-7H,1-4H2;/q;-1;+1.